The van der Waals surface area contributed by atoms with Crippen molar-refractivity contribution in [1.29, 1.82) is 0 Å². The molecule has 0 aromatic heterocycles. The molecule has 0 fully saturated rings. The topological polar surface area (TPSA) is 46.5 Å². The summed E-state index contributed by atoms with van der Waals surface area (Å²) >= 11 is 0. The van der Waals surface area contributed by atoms with Crippen molar-refractivity contribution in [2.24, 2.45) is 5.92 Å². The lowest BCUT2D eigenvalue weighted by atomic mass is 9.92. The molecule has 0 saturated carbocycles. The van der Waals surface area contributed by atoms with Crippen LogP contribution >= 0.6 is 0 Å². The minimum absolute atomic E-state index is 0.325. The van der Waals surface area contributed by atoms with Crippen molar-refractivity contribution in [2.45, 2.75) is 33.3 Å². The summed E-state index contributed by atoms with van der Waals surface area (Å²) in [4.78, 5) is 12.0. The molecule has 0 bridgehead atoms. The van der Waals surface area contributed by atoms with Gasteiger partial charge in [-0.2, -0.15) is 0 Å². The SMILES string of the molecule is CCOC(=O)[C@@H](CC=C(C)C)[C@@H](O)c1ccccc1. The molecule has 0 heterocycles. The van der Waals surface area contributed by atoms with Crippen LogP contribution in [0.1, 0.15) is 38.9 Å². The fourth-order valence-electron chi connectivity index (χ4n) is 1.85. The summed E-state index contributed by atoms with van der Waals surface area (Å²) < 4.78 is 5.05. The number of aliphatic hydroxyl groups is 1. The first-order chi connectivity index (χ1) is 9.06. The summed E-state index contributed by atoms with van der Waals surface area (Å²) in [6.45, 7) is 6.03. The van der Waals surface area contributed by atoms with Gasteiger partial charge in [-0.1, -0.05) is 42.0 Å². The second-order valence-corrected chi connectivity index (χ2v) is 4.73. The van der Waals surface area contributed by atoms with Gasteiger partial charge in [-0.25, -0.2) is 0 Å². The Labute approximate surface area is 114 Å². The van der Waals surface area contributed by atoms with E-state index in [1.54, 1.807) is 6.92 Å². The minimum atomic E-state index is -0.837. The molecule has 0 spiro atoms. The number of benzene rings is 1. The van der Waals surface area contributed by atoms with Crippen molar-refractivity contribution in [3.05, 3.63) is 47.5 Å². The lowest BCUT2D eigenvalue weighted by Crippen LogP contribution is -2.24. The Kier molecular flexibility index (Phi) is 6.30. The molecule has 0 aliphatic carbocycles. The number of esters is 1. The van der Waals surface area contributed by atoms with Gasteiger partial charge < -0.3 is 9.84 Å². The van der Waals surface area contributed by atoms with E-state index in [4.69, 9.17) is 4.74 Å². The van der Waals surface area contributed by atoms with Crippen LogP contribution in [-0.2, 0) is 9.53 Å². The van der Waals surface area contributed by atoms with Crippen molar-refractivity contribution in [3.8, 4) is 0 Å². The Morgan fingerprint density at radius 2 is 1.95 bits per heavy atom. The van der Waals surface area contributed by atoms with Crippen LogP contribution in [0, 0.1) is 5.92 Å². The minimum Gasteiger partial charge on any atom is -0.466 e. The Bertz CT molecular complexity index is 419. The molecule has 1 aromatic rings. The van der Waals surface area contributed by atoms with Crippen LogP contribution in [0.5, 0.6) is 0 Å². The van der Waals surface area contributed by atoms with Crippen LogP contribution in [0.2, 0.25) is 0 Å². The van der Waals surface area contributed by atoms with E-state index in [9.17, 15) is 9.90 Å². The molecule has 0 unspecified atom stereocenters. The van der Waals surface area contributed by atoms with Gasteiger partial charge in [0.2, 0.25) is 0 Å². The van der Waals surface area contributed by atoms with Gasteiger partial charge in [-0.3, -0.25) is 4.79 Å². The number of carbonyl (C=O) groups is 1. The Balaban J connectivity index is 2.89. The molecule has 0 radical (unpaired) electrons. The van der Waals surface area contributed by atoms with Crippen molar-refractivity contribution in [2.75, 3.05) is 6.61 Å². The maximum Gasteiger partial charge on any atom is 0.312 e. The zero-order valence-electron chi connectivity index (χ0n) is 11.8. The summed E-state index contributed by atoms with van der Waals surface area (Å²) in [7, 11) is 0. The molecule has 1 N–H and O–H groups in total. The molecule has 19 heavy (non-hydrogen) atoms. The number of hydrogen-bond acceptors (Lipinski definition) is 3. The summed E-state index contributed by atoms with van der Waals surface area (Å²) in [6, 6.07) is 9.22. The van der Waals surface area contributed by atoms with Crippen LogP contribution in [0.3, 0.4) is 0 Å². The summed E-state index contributed by atoms with van der Waals surface area (Å²) in [5, 5.41) is 10.4. The number of hydrogen-bond donors (Lipinski definition) is 1. The van der Waals surface area contributed by atoms with E-state index < -0.39 is 12.0 Å². The zero-order chi connectivity index (χ0) is 14.3. The highest BCUT2D eigenvalue weighted by Crippen LogP contribution is 2.26. The normalized spacial score (nSPS) is 13.5. The Morgan fingerprint density at radius 3 is 2.47 bits per heavy atom. The number of carbonyl (C=O) groups excluding carboxylic acids is 1. The zero-order valence-corrected chi connectivity index (χ0v) is 11.8. The smallest absolute Gasteiger partial charge is 0.312 e. The van der Waals surface area contributed by atoms with E-state index in [-0.39, 0.29) is 5.97 Å². The first-order valence-corrected chi connectivity index (χ1v) is 6.59. The molecular formula is C16H22O3. The summed E-state index contributed by atoms with van der Waals surface area (Å²) in [5.74, 6) is -0.909. The van der Waals surface area contributed by atoms with E-state index >= 15 is 0 Å². The molecule has 0 saturated heterocycles. The second-order valence-electron chi connectivity index (χ2n) is 4.73. The average molecular weight is 262 g/mol. The third kappa shape index (κ3) is 4.87. The molecule has 3 nitrogen and oxygen atoms in total. The van der Waals surface area contributed by atoms with Crippen LogP contribution in [0.15, 0.2) is 42.0 Å². The lowest BCUT2D eigenvalue weighted by molar-refractivity contribution is -0.152. The second kappa shape index (κ2) is 7.74. The van der Waals surface area contributed by atoms with E-state index in [1.807, 2.05) is 50.3 Å². The first-order valence-electron chi connectivity index (χ1n) is 6.59. The lowest BCUT2D eigenvalue weighted by Gasteiger charge is -2.20. The van der Waals surface area contributed by atoms with Gasteiger partial charge >= 0.3 is 5.97 Å². The van der Waals surface area contributed by atoms with Crippen LogP contribution in [-0.4, -0.2) is 17.7 Å². The number of ether oxygens (including phenoxy) is 1. The van der Waals surface area contributed by atoms with Gasteiger partial charge in [0.05, 0.1) is 18.6 Å². The molecular weight excluding hydrogens is 240 g/mol. The molecule has 0 aliphatic rings. The quantitative estimate of drug-likeness (QED) is 0.632. The van der Waals surface area contributed by atoms with E-state index in [1.165, 1.54) is 0 Å². The summed E-state index contributed by atoms with van der Waals surface area (Å²) in [6.07, 6.45) is 1.60. The Hall–Kier alpha value is -1.61. The largest absolute Gasteiger partial charge is 0.466 e. The Morgan fingerprint density at radius 1 is 1.32 bits per heavy atom. The maximum atomic E-state index is 12.0. The first kappa shape index (κ1) is 15.4. The van der Waals surface area contributed by atoms with E-state index in [0.717, 1.165) is 11.1 Å². The monoisotopic (exact) mass is 262 g/mol. The van der Waals surface area contributed by atoms with Crippen molar-refractivity contribution >= 4 is 5.97 Å². The van der Waals surface area contributed by atoms with Gasteiger partial charge in [0, 0.05) is 0 Å². The highest BCUT2D eigenvalue weighted by atomic mass is 16.5. The van der Waals surface area contributed by atoms with Gasteiger partial charge in [-0.05, 0) is 32.8 Å². The van der Waals surface area contributed by atoms with Gasteiger partial charge in [0.15, 0.2) is 0 Å². The third-order valence-electron chi connectivity index (χ3n) is 2.89. The predicted octanol–water partition coefficient (Wildman–Crippen LogP) is 3.26. The number of aliphatic hydroxyl groups excluding tert-OH is 1. The molecule has 1 rings (SSSR count). The molecule has 0 aliphatic heterocycles. The average Bonchev–Trinajstić information content (AvgIpc) is 2.39. The molecule has 1 aromatic carbocycles. The van der Waals surface area contributed by atoms with Crippen LogP contribution in [0.25, 0.3) is 0 Å². The maximum absolute atomic E-state index is 12.0. The van der Waals surface area contributed by atoms with E-state index in [0.29, 0.717) is 13.0 Å². The predicted molar refractivity (Wildman–Crippen MR) is 75.6 cm³/mol. The van der Waals surface area contributed by atoms with Gasteiger partial charge in [0.25, 0.3) is 0 Å². The third-order valence-corrected chi connectivity index (χ3v) is 2.89. The summed E-state index contributed by atoms with van der Waals surface area (Å²) in [5.41, 5.74) is 1.86. The molecule has 0 amide bonds. The fourth-order valence-corrected chi connectivity index (χ4v) is 1.85. The van der Waals surface area contributed by atoms with Crippen LogP contribution < -0.4 is 0 Å². The number of rotatable bonds is 6. The van der Waals surface area contributed by atoms with E-state index in [2.05, 4.69) is 0 Å². The standard InChI is InChI=1S/C16H22O3/c1-4-19-16(18)14(11-10-12(2)3)15(17)13-8-6-5-7-9-13/h5-10,14-15,17H,4,11H2,1-3H3/t14-,15-/m0/s1. The number of allylic oxidation sites excluding steroid dienone is 2. The van der Waals surface area contributed by atoms with Crippen molar-refractivity contribution in [3.63, 3.8) is 0 Å². The van der Waals surface area contributed by atoms with Gasteiger partial charge in [0.1, 0.15) is 0 Å². The van der Waals surface area contributed by atoms with Crippen LogP contribution in [0.4, 0.5) is 0 Å². The van der Waals surface area contributed by atoms with Gasteiger partial charge in [-0.15, -0.1) is 0 Å². The highest BCUT2D eigenvalue weighted by Gasteiger charge is 2.28. The van der Waals surface area contributed by atoms with Crippen molar-refractivity contribution < 1.29 is 14.6 Å². The molecule has 3 heteroatoms. The highest BCUT2D eigenvalue weighted by molar-refractivity contribution is 5.73. The molecule has 2 atom stereocenters. The molecule has 104 valence electrons. The van der Waals surface area contributed by atoms with Crippen molar-refractivity contribution in [1.82, 2.24) is 0 Å². The fraction of sp³-hybridized carbons (Fsp3) is 0.438.